The number of sulfonamides is 1. The van der Waals surface area contributed by atoms with Crippen LogP contribution in [-0.2, 0) is 10.0 Å². The van der Waals surface area contributed by atoms with Crippen molar-refractivity contribution in [3.8, 4) is 0 Å². The van der Waals surface area contributed by atoms with Gasteiger partial charge in [0.15, 0.2) is 0 Å². The van der Waals surface area contributed by atoms with E-state index in [2.05, 4.69) is 17.6 Å². The zero-order chi connectivity index (χ0) is 18.7. The summed E-state index contributed by atoms with van der Waals surface area (Å²) in [6.45, 7) is 6.75. The zero-order valence-corrected chi connectivity index (χ0v) is 17.7. The normalized spacial score (nSPS) is 24.1. The van der Waals surface area contributed by atoms with Crippen molar-refractivity contribution in [2.24, 2.45) is 5.92 Å². The SMILES string of the molecule is Cc1ccc(C(=O)NC2CNCCC2C)cc1S(=O)(=O)N1CCCCC1.Cl. The fourth-order valence-corrected chi connectivity index (χ4v) is 5.47. The zero-order valence-electron chi connectivity index (χ0n) is 16.0. The quantitative estimate of drug-likeness (QED) is 0.791. The number of carbonyl (C=O) groups is 1. The van der Waals surface area contributed by atoms with Gasteiger partial charge < -0.3 is 10.6 Å². The van der Waals surface area contributed by atoms with Crippen molar-refractivity contribution in [3.05, 3.63) is 29.3 Å². The Kier molecular flexibility index (Phi) is 7.68. The van der Waals surface area contributed by atoms with Gasteiger partial charge in [-0.15, -0.1) is 12.4 Å². The molecule has 1 aromatic carbocycles. The van der Waals surface area contributed by atoms with Crippen LogP contribution in [0.15, 0.2) is 23.1 Å². The summed E-state index contributed by atoms with van der Waals surface area (Å²) in [4.78, 5) is 12.9. The van der Waals surface area contributed by atoms with E-state index in [1.807, 2.05) is 0 Å². The number of nitrogens with one attached hydrogen (secondary N) is 2. The average Bonchev–Trinajstić information content (AvgIpc) is 2.64. The Morgan fingerprint density at radius 1 is 1.22 bits per heavy atom. The number of piperidine rings is 2. The Bertz CT molecular complexity index is 763. The summed E-state index contributed by atoms with van der Waals surface area (Å²) >= 11 is 0. The highest BCUT2D eigenvalue weighted by Gasteiger charge is 2.29. The summed E-state index contributed by atoms with van der Waals surface area (Å²) in [5.74, 6) is 0.197. The summed E-state index contributed by atoms with van der Waals surface area (Å²) < 4.78 is 27.6. The first-order chi connectivity index (χ1) is 12.4. The summed E-state index contributed by atoms with van der Waals surface area (Å²) in [7, 11) is -3.55. The molecule has 2 N–H and O–H groups in total. The highest BCUT2D eigenvalue weighted by molar-refractivity contribution is 7.89. The minimum Gasteiger partial charge on any atom is -0.348 e. The number of amides is 1. The summed E-state index contributed by atoms with van der Waals surface area (Å²) in [6, 6.07) is 5.05. The van der Waals surface area contributed by atoms with Crippen molar-refractivity contribution in [1.82, 2.24) is 14.9 Å². The number of rotatable bonds is 4. The van der Waals surface area contributed by atoms with Crippen molar-refractivity contribution in [2.45, 2.75) is 50.5 Å². The third-order valence-electron chi connectivity index (χ3n) is 5.53. The lowest BCUT2D eigenvalue weighted by atomic mass is 9.94. The molecule has 0 aliphatic carbocycles. The van der Waals surface area contributed by atoms with E-state index in [9.17, 15) is 13.2 Å². The van der Waals surface area contributed by atoms with Gasteiger partial charge in [-0.05, 0) is 56.3 Å². The lowest BCUT2D eigenvalue weighted by Crippen LogP contribution is -2.50. The molecule has 0 spiro atoms. The van der Waals surface area contributed by atoms with Gasteiger partial charge in [0.2, 0.25) is 10.0 Å². The lowest BCUT2D eigenvalue weighted by molar-refractivity contribution is 0.0915. The third kappa shape index (κ3) is 5.02. The minimum atomic E-state index is -3.55. The number of aryl methyl sites for hydroxylation is 1. The molecule has 2 atom stereocenters. The van der Waals surface area contributed by atoms with Gasteiger partial charge in [0.1, 0.15) is 0 Å². The van der Waals surface area contributed by atoms with Gasteiger partial charge in [-0.25, -0.2) is 8.42 Å². The van der Waals surface area contributed by atoms with E-state index >= 15 is 0 Å². The summed E-state index contributed by atoms with van der Waals surface area (Å²) in [5.41, 5.74) is 1.09. The van der Waals surface area contributed by atoms with Gasteiger partial charge >= 0.3 is 0 Å². The van der Waals surface area contributed by atoms with E-state index in [1.165, 1.54) is 6.07 Å². The standard InChI is InChI=1S/C19H29N3O3S.ClH/c1-14-8-9-20-13-17(14)21-19(23)16-7-6-15(2)18(12-16)26(24,25)22-10-4-3-5-11-22;/h6-7,12,14,17,20H,3-5,8-11,13H2,1-2H3,(H,21,23);1H. The molecule has 2 aliphatic rings. The molecule has 0 aromatic heterocycles. The molecular formula is C19H30ClN3O3S. The van der Waals surface area contributed by atoms with Crippen molar-refractivity contribution in [2.75, 3.05) is 26.2 Å². The minimum absolute atomic E-state index is 0. The maximum Gasteiger partial charge on any atom is 0.251 e. The fourth-order valence-electron chi connectivity index (χ4n) is 3.70. The summed E-state index contributed by atoms with van der Waals surface area (Å²) in [6.07, 6.45) is 3.88. The van der Waals surface area contributed by atoms with E-state index in [-0.39, 0.29) is 29.3 Å². The van der Waals surface area contributed by atoms with E-state index in [4.69, 9.17) is 0 Å². The molecule has 152 valence electrons. The Hall–Kier alpha value is -1.15. The first-order valence-corrected chi connectivity index (χ1v) is 11.0. The topological polar surface area (TPSA) is 78.5 Å². The molecule has 2 fully saturated rings. The maximum atomic E-state index is 13.0. The molecule has 0 bridgehead atoms. The molecule has 1 amide bonds. The molecule has 0 radical (unpaired) electrons. The predicted molar refractivity (Wildman–Crippen MR) is 109 cm³/mol. The number of benzene rings is 1. The lowest BCUT2D eigenvalue weighted by Gasteiger charge is -2.30. The smallest absolute Gasteiger partial charge is 0.251 e. The number of nitrogens with zero attached hydrogens (tertiary/aromatic N) is 1. The van der Waals surface area contributed by atoms with Crippen LogP contribution in [0.2, 0.25) is 0 Å². The summed E-state index contributed by atoms with van der Waals surface area (Å²) in [5, 5.41) is 6.35. The molecule has 3 rings (SSSR count). The highest BCUT2D eigenvalue weighted by atomic mass is 35.5. The van der Waals surface area contributed by atoms with Crippen LogP contribution in [0.3, 0.4) is 0 Å². The molecule has 2 heterocycles. The second-order valence-electron chi connectivity index (χ2n) is 7.50. The number of hydrogen-bond donors (Lipinski definition) is 2. The molecule has 8 heteroatoms. The first kappa shape index (κ1) is 22.1. The van der Waals surface area contributed by atoms with E-state index in [1.54, 1.807) is 23.4 Å². The van der Waals surface area contributed by atoms with Crippen LogP contribution in [0.4, 0.5) is 0 Å². The van der Waals surface area contributed by atoms with E-state index in [0.717, 1.165) is 38.8 Å². The van der Waals surface area contributed by atoms with Crippen LogP contribution in [0.1, 0.15) is 48.5 Å². The van der Waals surface area contributed by atoms with Gasteiger partial charge in [0.05, 0.1) is 4.90 Å². The van der Waals surface area contributed by atoms with Crippen molar-refractivity contribution >= 4 is 28.3 Å². The predicted octanol–water partition coefficient (Wildman–Crippen LogP) is 2.32. The van der Waals surface area contributed by atoms with Gasteiger partial charge in [0, 0.05) is 31.2 Å². The van der Waals surface area contributed by atoms with Gasteiger partial charge in [-0.1, -0.05) is 19.4 Å². The molecule has 27 heavy (non-hydrogen) atoms. The Labute approximate surface area is 168 Å². The van der Waals surface area contributed by atoms with Crippen LogP contribution in [-0.4, -0.2) is 50.9 Å². The van der Waals surface area contributed by atoms with E-state index < -0.39 is 10.0 Å². The fraction of sp³-hybridized carbons (Fsp3) is 0.632. The molecule has 2 aliphatic heterocycles. The van der Waals surface area contributed by atoms with Crippen LogP contribution < -0.4 is 10.6 Å². The maximum absolute atomic E-state index is 13.0. The Balaban J connectivity index is 0.00000261. The molecule has 6 nitrogen and oxygen atoms in total. The van der Waals surface area contributed by atoms with Crippen LogP contribution in [0, 0.1) is 12.8 Å². The van der Waals surface area contributed by atoms with Gasteiger partial charge in [-0.2, -0.15) is 4.31 Å². The second-order valence-corrected chi connectivity index (χ2v) is 9.40. The number of carbonyl (C=O) groups excluding carboxylic acids is 1. The molecule has 2 saturated heterocycles. The highest BCUT2D eigenvalue weighted by Crippen LogP contribution is 2.24. The second kappa shape index (κ2) is 9.37. The number of halogens is 1. The molecule has 2 unspecified atom stereocenters. The van der Waals surface area contributed by atoms with Crippen LogP contribution in [0.5, 0.6) is 0 Å². The number of hydrogen-bond acceptors (Lipinski definition) is 4. The van der Waals surface area contributed by atoms with E-state index in [0.29, 0.717) is 30.1 Å². The first-order valence-electron chi connectivity index (χ1n) is 9.52. The van der Waals surface area contributed by atoms with Crippen LogP contribution >= 0.6 is 12.4 Å². The third-order valence-corrected chi connectivity index (χ3v) is 7.57. The molecular weight excluding hydrogens is 386 g/mol. The molecule has 1 aromatic rings. The van der Waals surface area contributed by atoms with Crippen molar-refractivity contribution in [3.63, 3.8) is 0 Å². The average molecular weight is 416 g/mol. The largest absolute Gasteiger partial charge is 0.348 e. The van der Waals surface area contributed by atoms with Crippen molar-refractivity contribution in [1.29, 1.82) is 0 Å². The Morgan fingerprint density at radius 2 is 1.93 bits per heavy atom. The Morgan fingerprint density at radius 3 is 2.59 bits per heavy atom. The van der Waals surface area contributed by atoms with Gasteiger partial charge in [-0.3, -0.25) is 4.79 Å². The monoisotopic (exact) mass is 415 g/mol. The van der Waals surface area contributed by atoms with Crippen molar-refractivity contribution < 1.29 is 13.2 Å². The molecule has 0 saturated carbocycles. The van der Waals surface area contributed by atoms with Crippen LogP contribution in [0.25, 0.3) is 0 Å². The van der Waals surface area contributed by atoms with Gasteiger partial charge in [0.25, 0.3) is 5.91 Å².